The van der Waals surface area contributed by atoms with E-state index < -0.39 is 5.60 Å². The van der Waals surface area contributed by atoms with Gasteiger partial charge in [-0.25, -0.2) is 0 Å². The number of hydrogen-bond donors (Lipinski definition) is 1. The molecule has 1 heterocycles. The number of aliphatic hydroxyl groups is 1. The minimum absolute atomic E-state index is 0.554. The Morgan fingerprint density at radius 2 is 1.78 bits per heavy atom. The first-order valence-electron chi connectivity index (χ1n) is 7.36. The van der Waals surface area contributed by atoms with Gasteiger partial charge in [0.25, 0.3) is 0 Å². The zero-order valence-corrected chi connectivity index (χ0v) is 12.4. The summed E-state index contributed by atoms with van der Waals surface area (Å²) in [5, 5.41) is 15.3. The Bertz CT molecular complexity index is 351. The van der Waals surface area contributed by atoms with Gasteiger partial charge in [0, 0.05) is 18.7 Å². The van der Waals surface area contributed by atoms with Gasteiger partial charge in [-0.2, -0.15) is 5.10 Å². The Hall–Kier alpha value is -0.830. The molecule has 104 valence electrons. The molecule has 1 rings (SSSR count). The second-order valence-electron chi connectivity index (χ2n) is 5.20. The molecule has 1 aromatic heterocycles. The van der Waals surface area contributed by atoms with Crippen LogP contribution in [0.25, 0.3) is 0 Å². The fourth-order valence-electron chi connectivity index (χ4n) is 2.67. The molecule has 0 saturated carbocycles. The standard InChI is InChI=1S/C15H28N2O/c1-5-9-15(18,10-6-2)12-14-11-13(7-3)16-17(14)8-4/h11,18H,5-10,12H2,1-4H3. The van der Waals surface area contributed by atoms with E-state index in [9.17, 15) is 5.11 Å². The molecule has 18 heavy (non-hydrogen) atoms. The maximum atomic E-state index is 10.7. The lowest BCUT2D eigenvalue weighted by atomic mass is 9.88. The van der Waals surface area contributed by atoms with Crippen LogP contribution in [0.3, 0.4) is 0 Å². The molecule has 0 aliphatic heterocycles. The van der Waals surface area contributed by atoms with E-state index in [1.165, 1.54) is 5.69 Å². The van der Waals surface area contributed by atoms with E-state index in [1.54, 1.807) is 0 Å². The Morgan fingerprint density at radius 1 is 1.17 bits per heavy atom. The molecule has 0 spiro atoms. The van der Waals surface area contributed by atoms with Crippen molar-refractivity contribution in [3.63, 3.8) is 0 Å². The zero-order valence-electron chi connectivity index (χ0n) is 12.4. The van der Waals surface area contributed by atoms with Crippen molar-refractivity contribution in [2.75, 3.05) is 0 Å². The minimum Gasteiger partial charge on any atom is -0.389 e. The maximum absolute atomic E-state index is 10.7. The van der Waals surface area contributed by atoms with Gasteiger partial charge in [0.15, 0.2) is 0 Å². The highest BCUT2D eigenvalue weighted by molar-refractivity contribution is 5.13. The molecule has 0 aliphatic rings. The van der Waals surface area contributed by atoms with Gasteiger partial charge in [-0.1, -0.05) is 33.6 Å². The van der Waals surface area contributed by atoms with E-state index in [-0.39, 0.29) is 0 Å². The van der Waals surface area contributed by atoms with Crippen LogP contribution in [0.4, 0.5) is 0 Å². The van der Waals surface area contributed by atoms with Gasteiger partial charge in [-0.3, -0.25) is 4.68 Å². The molecule has 1 aromatic rings. The fraction of sp³-hybridized carbons (Fsp3) is 0.800. The number of rotatable bonds is 8. The molecule has 0 bridgehead atoms. The van der Waals surface area contributed by atoms with Gasteiger partial charge >= 0.3 is 0 Å². The lowest BCUT2D eigenvalue weighted by molar-refractivity contribution is 0.0198. The summed E-state index contributed by atoms with van der Waals surface area (Å²) in [6, 6.07) is 2.15. The van der Waals surface area contributed by atoms with E-state index in [0.717, 1.165) is 50.8 Å². The van der Waals surface area contributed by atoms with Crippen molar-refractivity contribution in [3.8, 4) is 0 Å². The van der Waals surface area contributed by atoms with Crippen LogP contribution in [0.2, 0.25) is 0 Å². The van der Waals surface area contributed by atoms with Crippen LogP contribution in [0, 0.1) is 0 Å². The summed E-state index contributed by atoms with van der Waals surface area (Å²) in [5.41, 5.74) is 1.75. The first-order chi connectivity index (χ1) is 8.58. The first kappa shape index (κ1) is 15.2. The quantitative estimate of drug-likeness (QED) is 0.770. The lowest BCUT2D eigenvalue weighted by Gasteiger charge is -2.27. The topological polar surface area (TPSA) is 38.1 Å². The van der Waals surface area contributed by atoms with Gasteiger partial charge in [0.2, 0.25) is 0 Å². The summed E-state index contributed by atoms with van der Waals surface area (Å²) in [6.45, 7) is 9.37. The van der Waals surface area contributed by atoms with Crippen molar-refractivity contribution in [1.82, 2.24) is 9.78 Å². The summed E-state index contributed by atoms with van der Waals surface area (Å²) in [4.78, 5) is 0. The maximum Gasteiger partial charge on any atom is 0.0702 e. The Morgan fingerprint density at radius 3 is 2.22 bits per heavy atom. The van der Waals surface area contributed by atoms with E-state index in [4.69, 9.17) is 0 Å². The molecule has 0 radical (unpaired) electrons. The number of aryl methyl sites for hydroxylation is 2. The number of nitrogens with zero attached hydrogens (tertiary/aromatic N) is 2. The van der Waals surface area contributed by atoms with E-state index in [1.807, 2.05) is 4.68 Å². The largest absolute Gasteiger partial charge is 0.389 e. The van der Waals surface area contributed by atoms with Crippen molar-refractivity contribution in [3.05, 3.63) is 17.5 Å². The van der Waals surface area contributed by atoms with E-state index >= 15 is 0 Å². The molecule has 1 N–H and O–H groups in total. The fourth-order valence-corrected chi connectivity index (χ4v) is 2.67. The predicted octanol–water partition coefficient (Wildman–Crippen LogP) is 3.34. The summed E-state index contributed by atoms with van der Waals surface area (Å²) in [7, 11) is 0. The highest BCUT2D eigenvalue weighted by atomic mass is 16.3. The lowest BCUT2D eigenvalue weighted by Crippen LogP contribution is -2.32. The van der Waals surface area contributed by atoms with E-state index in [2.05, 4.69) is 38.9 Å². The van der Waals surface area contributed by atoms with Crippen molar-refractivity contribution in [2.45, 2.75) is 78.4 Å². The Labute approximate surface area is 111 Å². The second-order valence-corrected chi connectivity index (χ2v) is 5.20. The van der Waals surface area contributed by atoms with Gasteiger partial charge in [-0.05, 0) is 32.3 Å². The van der Waals surface area contributed by atoms with Crippen molar-refractivity contribution < 1.29 is 5.11 Å². The average molecular weight is 252 g/mol. The SMILES string of the molecule is CCCC(O)(CCC)Cc1cc(CC)nn1CC. The monoisotopic (exact) mass is 252 g/mol. The van der Waals surface area contributed by atoms with Crippen LogP contribution in [0.1, 0.15) is 64.8 Å². The van der Waals surface area contributed by atoms with Gasteiger partial charge in [-0.15, -0.1) is 0 Å². The third-order valence-corrected chi connectivity index (χ3v) is 3.52. The smallest absolute Gasteiger partial charge is 0.0702 e. The number of aromatic nitrogens is 2. The third kappa shape index (κ3) is 3.84. The van der Waals surface area contributed by atoms with Gasteiger partial charge in [0.05, 0.1) is 11.3 Å². The summed E-state index contributed by atoms with van der Waals surface area (Å²) < 4.78 is 2.04. The Kier molecular flexibility index (Phi) is 5.86. The molecule has 0 unspecified atom stereocenters. The molecular formula is C15H28N2O. The van der Waals surface area contributed by atoms with Crippen LogP contribution in [0.15, 0.2) is 6.07 Å². The zero-order chi connectivity index (χ0) is 13.6. The molecule has 0 saturated heterocycles. The highest BCUT2D eigenvalue weighted by Gasteiger charge is 2.27. The van der Waals surface area contributed by atoms with Crippen molar-refractivity contribution in [2.24, 2.45) is 0 Å². The van der Waals surface area contributed by atoms with Crippen LogP contribution in [-0.2, 0) is 19.4 Å². The molecular weight excluding hydrogens is 224 g/mol. The summed E-state index contributed by atoms with van der Waals surface area (Å²) in [5.74, 6) is 0. The highest BCUT2D eigenvalue weighted by Crippen LogP contribution is 2.25. The van der Waals surface area contributed by atoms with Crippen LogP contribution >= 0.6 is 0 Å². The molecule has 0 amide bonds. The predicted molar refractivity (Wildman–Crippen MR) is 75.7 cm³/mol. The molecule has 0 aliphatic carbocycles. The van der Waals surface area contributed by atoms with Gasteiger partial charge in [0.1, 0.15) is 0 Å². The summed E-state index contributed by atoms with van der Waals surface area (Å²) in [6.07, 6.45) is 5.48. The molecule has 3 nitrogen and oxygen atoms in total. The second kappa shape index (κ2) is 6.93. The van der Waals surface area contributed by atoms with E-state index in [0.29, 0.717) is 0 Å². The number of hydrogen-bond acceptors (Lipinski definition) is 2. The van der Waals surface area contributed by atoms with Crippen LogP contribution in [0.5, 0.6) is 0 Å². The van der Waals surface area contributed by atoms with Crippen LogP contribution in [-0.4, -0.2) is 20.5 Å². The van der Waals surface area contributed by atoms with Crippen LogP contribution < -0.4 is 0 Å². The van der Waals surface area contributed by atoms with Gasteiger partial charge < -0.3 is 5.11 Å². The third-order valence-electron chi connectivity index (χ3n) is 3.52. The molecule has 0 atom stereocenters. The molecule has 0 aromatic carbocycles. The van der Waals surface area contributed by atoms with Crippen molar-refractivity contribution in [1.29, 1.82) is 0 Å². The first-order valence-corrected chi connectivity index (χ1v) is 7.36. The minimum atomic E-state index is -0.554. The average Bonchev–Trinajstić information content (AvgIpc) is 2.71. The Balaban J connectivity index is 2.88. The normalized spacial score (nSPS) is 12.1. The summed E-state index contributed by atoms with van der Waals surface area (Å²) >= 11 is 0. The van der Waals surface area contributed by atoms with Crippen molar-refractivity contribution >= 4 is 0 Å². The molecule has 3 heteroatoms. The molecule has 0 fully saturated rings.